The molecule has 0 bridgehead atoms. The van der Waals surface area contributed by atoms with E-state index in [0.717, 1.165) is 0 Å². The van der Waals surface area contributed by atoms with Gasteiger partial charge in [-0.15, -0.1) is 0 Å². The van der Waals surface area contributed by atoms with Gasteiger partial charge in [0, 0.05) is 44.1 Å². The highest BCUT2D eigenvalue weighted by Crippen LogP contribution is 2.25. The standard InChI is InChI=1S/C16H17ClF3N5O/c17-12-14(22-13(23-15(12)26)11-2-4-21-5-3-11)25-7-1-6-24(8-9-25)10-16(18,19)20/h2-5H,1,6-10H2,(H,22,23,26). The molecule has 10 heteroatoms. The molecule has 2 aromatic rings. The number of hydrogen-bond donors (Lipinski definition) is 1. The van der Waals surface area contributed by atoms with Crippen molar-refractivity contribution < 1.29 is 13.2 Å². The molecule has 3 rings (SSSR count). The van der Waals surface area contributed by atoms with E-state index < -0.39 is 18.3 Å². The van der Waals surface area contributed by atoms with Crippen molar-refractivity contribution in [1.29, 1.82) is 0 Å². The van der Waals surface area contributed by atoms with Crippen LogP contribution in [0.25, 0.3) is 11.4 Å². The van der Waals surface area contributed by atoms with Gasteiger partial charge in [0.1, 0.15) is 10.8 Å². The van der Waals surface area contributed by atoms with Crippen LogP contribution < -0.4 is 10.5 Å². The fourth-order valence-corrected chi connectivity index (χ4v) is 3.11. The molecule has 0 spiro atoms. The minimum absolute atomic E-state index is 0.0629. The molecule has 6 nitrogen and oxygen atoms in total. The van der Waals surface area contributed by atoms with Gasteiger partial charge in [-0.25, -0.2) is 4.98 Å². The van der Waals surface area contributed by atoms with Crippen LogP contribution in [0.2, 0.25) is 5.02 Å². The summed E-state index contributed by atoms with van der Waals surface area (Å²) in [5, 5.41) is -0.0629. The third-order valence-corrected chi connectivity index (χ3v) is 4.43. The van der Waals surface area contributed by atoms with Crippen LogP contribution in [-0.2, 0) is 0 Å². The highest BCUT2D eigenvalue weighted by molar-refractivity contribution is 6.32. The van der Waals surface area contributed by atoms with E-state index in [2.05, 4.69) is 15.0 Å². The van der Waals surface area contributed by atoms with Crippen molar-refractivity contribution in [2.75, 3.05) is 37.6 Å². The molecule has 0 atom stereocenters. The Hall–Kier alpha value is -2.13. The molecule has 0 radical (unpaired) electrons. The van der Waals surface area contributed by atoms with Gasteiger partial charge in [-0.3, -0.25) is 14.7 Å². The molecule has 3 heterocycles. The minimum atomic E-state index is -4.23. The highest BCUT2D eigenvalue weighted by atomic mass is 35.5. The maximum absolute atomic E-state index is 12.6. The zero-order valence-electron chi connectivity index (χ0n) is 13.8. The van der Waals surface area contributed by atoms with Crippen LogP contribution in [0.15, 0.2) is 29.3 Å². The summed E-state index contributed by atoms with van der Waals surface area (Å²) < 4.78 is 37.8. The van der Waals surface area contributed by atoms with Crippen LogP contribution in [-0.4, -0.2) is 58.8 Å². The van der Waals surface area contributed by atoms with Gasteiger partial charge in [0.15, 0.2) is 5.82 Å². The van der Waals surface area contributed by atoms with E-state index in [1.807, 2.05) is 0 Å². The molecular weight excluding hydrogens is 371 g/mol. The fraction of sp³-hybridized carbons (Fsp3) is 0.438. The van der Waals surface area contributed by atoms with E-state index in [9.17, 15) is 18.0 Å². The molecule has 0 aromatic carbocycles. The SMILES string of the molecule is O=c1[nH]c(-c2ccncc2)nc(N2CCCN(CC(F)(F)F)CC2)c1Cl. The Balaban J connectivity index is 1.85. The van der Waals surface area contributed by atoms with Crippen molar-refractivity contribution in [1.82, 2.24) is 19.9 Å². The normalized spacial score (nSPS) is 16.5. The average Bonchev–Trinajstić information content (AvgIpc) is 2.82. The molecule has 1 aliphatic heterocycles. The molecule has 1 aliphatic rings. The van der Waals surface area contributed by atoms with E-state index in [1.54, 1.807) is 29.4 Å². The van der Waals surface area contributed by atoms with E-state index >= 15 is 0 Å². The summed E-state index contributed by atoms with van der Waals surface area (Å²) in [6.45, 7) is 0.380. The maximum atomic E-state index is 12.6. The Morgan fingerprint density at radius 1 is 1.15 bits per heavy atom. The number of aromatic nitrogens is 3. The predicted octanol–water partition coefficient (Wildman–Crippen LogP) is 2.56. The lowest BCUT2D eigenvalue weighted by Crippen LogP contribution is -2.37. The quantitative estimate of drug-likeness (QED) is 0.876. The van der Waals surface area contributed by atoms with Crippen molar-refractivity contribution in [3.63, 3.8) is 0 Å². The number of H-pyrrole nitrogens is 1. The molecule has 140 valence electrons. The summed E-state index contributed by atoms with van der Waals surface area (Å²) in [5.41, 5.74) is 0.184. The van der Waals surface area contributed by atoms with Crippen molar-refractivity contribution in [2.24, 2.45) is 0 Å². The first-order valence-corrected chi connectivity index (χ1v) is 8.45. The van der Waals surface area contributed by atoms with Crippen LogP contribution in [0.5, 0.6) is 0 Å². The van der Waals surface area contributed by atoms with Gasteiger partial charge in [0.25, 0.3) is 5.56 Å². The molecular formula is C16H17ClF3N5O. The molecule has 1 N–H and O–H groups in total. The van der Waals surface area contributed by atoms with Crippen LogP contribution in [0.4, 0.5) is 19.0 Å². The average molecular weight is 388 g/mol. The molecule has 0 unspecified atom stereocenters. The van der Waals surface area contributed by atoms with Crippen molar-refractivity contribution in [2.45, 2.75) is 12.6 Å². The second-order valence-corrected chi connectivity index (χ2v) is 6.40. The Bertz CT molecular complexity index is 812. The number of alkyl halides is 3. The summed E-state index contributed by atoms with van der Waals surface area (Å²) in [6, 6.07) is 3.40. The zero-order valence-corrected chi connectivity index (χ0v) is 14.5. The number of nitrogens with zero attached hydrogens (tertiary/aromatic N) is 4. The Labute approximate surface area is 152 Å². The summed E-state index contributed by atoms with van der Waals surface area (Å²) in [5.74, 6) is 0.629. The highest BCUT2D eigenvalue weighted by Gasteiger charge is 2.31. The van der Waals surface area contributed by atoms with Gasteiger partial charge in [-0.05, 0) is 18.6 Å². The van der Waals surface area contributed by atoms with Crippen molar-refractivity contribution in [3.8, 4) is 11.4 Å². The number of anilines is 1. The van der Waals surface area contributed by atoms with Crippen LogP contribution in [0.1, 0.15) is 6.42 Å². The predicted molar refractivity (Wildman–Crippen MR) is 92.4 cm³/mol. The minimum Gasteiger partial charge on any atom is -0.354 e. The first kappa shape index (κ1) is 18.7. The second-order valence-electron chi connectivity index (χ2n) is 6.02. The number of rotatable bonds is 3. The number of hydrogen-bond acceptors (Lipinski definition) is 5. The first-order chi connectivity index (χ1) is 12.3. The zero-order chi connectivity index (χ0) is 18.7. The monoisotopic (exact) mass is 387 g/mol. The summed E-state index contributed by atoms with van der Waals surface area (Å²) in [7, 11) is 0. The summed E-state index contributed by atoms with van der Waals surface area (Å²) in [6.07, 6.45) is -0.565. The Morgan fingerprint density at radius 3 is 2.58 bits per heavy atom. The van der Waals surface area contributed by atoms with Crippen LogP contribution in [0, 0.1) is 0 Å². The van der Waals surface area contributed by atoms with E-state index in [0.29, 0.717) is 37.4 Å². The van der Waals surface area contributed by atoms with E-state index in [-0.39, 0.29) is 17.4 Å². The lowest BCUT2D eigenvalue weighted by Gasteiger charge is -2.24. The van der Waals surface area contributed by atoms with Crippen molar-refractivity contribution >= 4 is 17.4 Å². The van der Waals surface area contributed by atoms with Crippen LogP contribution in [0.3, 0.4) is 0 Å². The fourth-order valence-electron chi connectivity index (χ4n) is 2.90. The lowest BCUT2D eigenvalue weighted by molar-refractivity contribution is -0.145. The topological polar surface area (TPSA) is 65.1 Å². The van der Waals surface area contributed by atoms with Gasteiger partial charge >= 0.3 is 6.18 Å². The van der Waals surface area contributed by atoms with E-state index in [1.165, 1.54) is 4.90 Å². The Kier molecular flexibility index (Phi) is 5.47. The summed E-state index contributed by atoms with van der Waals surface area (Å²) >= 11 is 6.13. The lowest BCUT2D eigenvalue weighted by atomic mass is 10.2. The molecule has 26 heavy (non-hydrogen) atoms. The third kappa shape index (κ3) is 4.53. The molecule has 2 aromatic heterocycles. The van der Waals surface area contributed by atoms with Crippen LogP contribution >= 0.6 is 11.6 Å². The van der Waals surface area contributed by atoms with Gasteiger partial charge in [-0.2, -0.15) is 13.2 Å². The first-order valence-electron chi connectivity index (χ1n) is 8.08. The number of aromatic amines is 1. The molecule has 0 amide bonds. The smallest absolute Gasteiger partial charge is 0.354 e. The summed E-state index contributed by atoms with van der Waals surface area (Å²) in [4.78, 5) is 26.3. The van der Waals surface area contributed by atoms with Gasteiger partial charge < -0.3 is 9.88 Å². The number of nitrogens with one attached hydrogen (secondary N) is 1. The van der Waals surface area contributed by atoms with Gasteiger partial charge in [0.05, 0.1) is 6.54 Å². The van der Waals surface area contributed by atoms with Gasteiger partial charge in [0.2, 0.25) is 0 Å². The maximum Gasteiger partial charge on any atom is 0.401 e. The molecule has 0 saturated carbocycles. The van der Waals surface area contributed by atoms with Gasteiger partial charge in [-0.1, -0.05) is 11.6 Å². The largest absolute Gasteiger partial charge is 0.401 e. The Morgan fingerprint density at radius 2 is 1.88 bits per heavy atom. The molecule has 1 saturated heterocycles. The van der Waals surface area contributed by atoms with E-state index in [4.69, 9.17) is 11.6 Å². The third-order valence-electron chi connectivity index (χ3n) is 4.09. The van der Waals surface area contributed by atoms with Crippen molar-refractivity contribution in [3.05, 3.63) is 39.9 Å². The number of pyridine rings is 1. The second kappa shape index (κ2) is 7.63. The molecule has 1 fully saturated rings. The molecule has 0 aliphatic carbocycles. The number of halogens is 4.